The predicted octanol–water partition coefficient (Wildman–Crippen LogP) is 0.421. The van der Waals surface area contributed by atoms with Crippen LogP contribution in [0.5, 0.6) is 5.75 Å². The van der Waals surface area contributed by atoms with Crippen LogP contribution in [0.2, 0.25) is 0 Å². The highest BCUT2D eigenvalue weighted by atomic mass is 16.5. The molecule has 1 fully saturated rings. The molecule has 0 N–H and O–H groups in total. The summed E-state index contributed by atoms with van der Waals surface area (Å²) < 4.78 is 6.64. The zero-order valence-corrected chi connectivity index (χ0v) is 13.1. The number of aromatic nitrogens is 4. The van der Waals surface area contributed by atoms with Crippen molar-refractivity contribution < 1.29 is 9.53 Å². The number of tetrazole rings is 1. The lowest BCUT2D eigenvalue weighted by atomic mass is 10.2. The molecule has 0 bridgehead atoms. The summed E-state index contributed by atoms with van der Waals surface area (Å²) in [6.07, 6.45) is 2.40. The standard InChI is InChI=1S/C15H20N6O2/c1-23-14-5-3-13(4-6-14)19-7-2-8-20(10-9-19)15(22)11-21-12-16-17-18-21/h3-6,12H,2,7-11H2,1H3. The molecule has 1 saturated heterocycles. The molecule has 2 aromatic rings. The summed E-state index contributed by atoms with van der Waals surface area (Å²) in [6.45, 7) is 3.39. The quantitative estimate of drug-likeness (QED) is 0.814. The lowest BCUT2D eigenvalue weighted by molar-refractivity contribution is -0.131. The lowest BCUT2D eigenvalue weighted by Crippen LogP contribution is -2.37. The van der Waals surface area contributed by atoms with E-state index in [9.17, 15) is 4.79 Å². The number of amides is 1. The predicted molar refractivity (Wildman–Crippen MR) is 84.2 cm³/mol. The summed E-state index contributed by atoms with van der Waals surface area (Å²) >= 11 is 0. The van der Waals surface area contributed by atoms with E-state index in [4.69, 9.17) is 4.74 Å². The molecule has 23 heavy (non-hydrogen) atoms. The van der Waals surface area contributed by atoms with Crippen LogP contribution in [0.25, 0.3) is 0 Å². The van der Waals surface area contributed by atoms with Crippen LogP contribution in [-0.2, 0) is 11.3 Å². The molecule has 0 radical (unpaired) electrons. The van der Waals surface area contributed by atoms with E-state index < -0.39 is 0 Å². The molecule has 122 valence electrons. The maximum atomic E-state index is 12.3. The van der Waals surface area contributed by atoms with E-state index in [1.54, 1.807) is 7.11 Å². The van der Waals surface area contributed by atoms with E-state index >= 15 is 0 Å². The molecule has 2 heterocycles. The number of nitrogens with zero attached hydrogens (tertiary/aromatic N) is 6. The topological polar surface area (TPSA) is 76.4 Å². The minimum atomic E-state index is 0.0499. The molecule has 1 aromatic carbocycles. The van der Waals surface area contributed by atoms with Crippen LogP contribution < -0.4 is 9.64 Å². The molecule has 1 aliphatic heterocycles. The van der Waals surface area contributed by atoms with Gasteiger partial charge in [-0.25, -0.2) is 4.68 Å². The third-order valence-electron chi connectivity index (χ3n) is 3.97. The Bertz CT molecular complexity index is 628. The summed E-state index contributed by atoms with van der Waals surface area (Å²) in [6, 6.07) is 8.02. The normalized spacial score (nSPS) is 15.3. The molecule has 8 nitrogen and oxygen atoms in total. The van der Waals surface area contributed by atoms with Gasteiger partial charge in [-0.05, 0) is 41.1 Å². The van der Waals surface area contributed by atoms with Crippen LogP contribution in [0.4, 0.5) is 5.69 Å². The van der Waals surface area contributed by atoms with Gasteiger partial charge in [0.2, 0.25) is 5.91 Å². The summed E-state index contributed by atoms with van der Waals surface area (Å²) in [5.41, 5.74) is 1.15. The van der Waals surface area contributed by atoms with Crippen molar-refractivity contribution in [3.05, 3.63) is 30.6 Å². The summed E-state index contributed by atoms with van der Waals surface area (Å²) in [7, 11) is 1.66. The molecule has 8 heteroatoms. The molecule has 1 aliphatic rings. The van der Waals surface area contributed by atoms with E-state index in [1.165, 1.54) is 11.0 Å². The fraction of sp³-hybridized carbons (Fsp3) is 0.467. The van der Waals surface area contributed by atoms with Crippen molar-refractivity contribution in [2.75, 3.05) is 38.2 Å². The molecule has 0 aliphatic carbocycles. The van der Waals surface area contributed by atoms with Crippen molar-refractivity contribution in [3.8, 4) is 5.75 Å². The van der Waals surface area contributed by atoms with E-state index in [0.29, 0.717) is 6.54 Å². The van der Waals surface area contributed by atoms with Crippen LogP contribution >= 0.6 is 0 Å². The first-order valence-electron chi connectivity index (χ1n) is 7.64. The zero-order valence-electron chi connectivity index (χ0n) is 13.1. The zero-order chi connectivity index (χ0) is 16.1. The highest BCUT2D eigenvalue weighted by molar-refractivity contribution is 5.76. The van der Waals surface area contributed by atoms with Gasteiger partial charge in [0.15, 0.2) is 0 Å². The third-order valence-corrected chi connectivity index (χ3v) is 3.97. The van der Waals surface area contributed by atoms with Crippen molar-refractivity contribution in [1.82, 2.24) is 25.1 Å². The van der Waals surface area contributed by atoms with Crippen molar-refractivity contribution >= 4 is 11.6 Å². The van der Waals surface area contributed by atoms with Crippen LogP contribution in [0.1, 0.15) is 6.42 Å². The Kier molecular flexibility index (Phi) is 4.70. The van der Waals surface area contributed by atoms with Gasteiger partial charge < -0.3 is 14.5 Å². The van der Waals surface area contributed by atoms with Gasteiger partial charge in [0.25, 0.3) is 0 Å². The number of benzene rings is 1. The summed E-state index contributed by atoms with van der Waals surface area (Å²) in [5.74, 6) is 0.899. The number of methoxy groups -OCH3 is 1. The molecule has 1 aromatic heterocycles. The molecule has 1 amide bonds. The highest BCUT2D eigenvalue weighted by Gasteiger charge is 2.19. The largest absolute Gasteiger partial charge is 0.497 e. The third kappa shape index (κ3) is 3.77. The van der Waals surface area contributed by atoms with Gasteiger partial charge in [-0.1, -0.05) is 0 Å². The van der Waals surface area contributed by atoms with E-state index in [2.05, 4.69) is 32.6 Å². The fourth-order valence-corrected chi connectivity index (χ4v) is 2.71. The number of ether oxygens (including phenoxy) is 1. The van der Waals surface area contributed by atoms with Gasteiger partial charge in [0.05, 0.1) is 7.11 Å². The average molecular weight is 316 g/mol. The number of carbonyl (C=O) groups is 1. The Hall–Kier alpha value is -2.64. The van der Waals surface area contributed by atoms with Crippen molar-refractivity contribution in [1.29, 1.82) is 0 Å². The Morgan fingerprint density at radius 1 is 1.17 bits per heavy atom. The van der Waals surface area contributed by atoms with Crippen molar-refractivity contribution in [3.63, 3.8) is 0 Å². The highest BCUT2D eigenvalue weighted by Crippen LogP contribution is 2.20. The molecule has 0 saturated carbocycles. The van der Waals surface area contributed by atoms with Gasteiger partial charge in [0.1, 0.15) is 18.6 Å². The van der Waals surface area contributed by atoms with Crippen LogP contribution in [-0.4, -0.2) is 64.3 Å². The minimum absolute atomic E-state index is 0.0499. The smallest absolute Gasteiger partial charge is 0.244 e. The Labute approximate surface area is 134 Å². The first-order chi connectivity index (χ1) is 11.3. The molecule has 3 rings (SSSR count). The van der Waals surface area contributed by atoms with Crippen LogP contribution in [0, 0.1) is 0 Å². The second-order valence-corrected chi connectivity index (χ2v) is 5.43. The minimum Gasteiger partial charge on any atom is -0.497 e. The Morgan fingerprint density at radius 3 is 2.70 bits per heavy atom. The number of carbonyl (C=O) groups excluding carboxylic acids is 1. The molecule has 0 unspecified atom stereocenters. The first kappa shape index (κ1) is 15.3. The number of anilines is 1. The fourth-order valence-electron chi connectivity index (χ4n) is 2.71. The molecule has 0 atom stereocenters. The maximum absolute atomic E-state index is 12.3. The van der Waals surface area contributed by atoms with Gasteiger partial charge in [0, 0.05) is 31.9 Å². The maximum Gasteiger partial charge on any atom is 0.244 e. The summed E-state index contributed by atoms with van der Waals surface area (Å²) in [4.78, 5) is 16.5. The van der Waals surface area contributed by atoms with Gasteiger partial charge in [-0.2, -0.15) is 0 Å². The van der Waals surface area contributed by atoms with Crippen molar-refractivity contribution in [2.24, 2.45) is 0 Å². The monoisotopic (exact) mass is 316 g/mol. The second kappa shape index (κ2) is 7.08. The Balaban J connectivity index is 1.59. The van der Waals surface area contributed by atoms with E-state index in [-0.39, 0.29) is 12.5 Å². The number of rotatable bonds is 4. The van der Waals surface area contributed by atoms with E-state index in [0.717, 1.165) is 37.5 Å². The first-order valence-corrected chi connectivity index (χ1v) is 7.64. The van der Waals surface area contributed by atoms with Gasteiger partial charge >= 0.3 is 0 Å². The van der Waals surface area contributed by atoms with E-state index in [1.807, 2.05) is 17.0 Å². The Morgan fingerprint density at radius 2 is 2.00 bits per heavy atom. The molecular formula is C15H20N6O2. The van der Waals surface area contributed by atoms with Crippen molar-refractivity contribution in [2.45, 2.75) is 13.0 Å². The number of hydrogen-bond acceptors (Lipinski definition) is 6. The summed E-state index contributed by atoms with van der Waals surface area (Å²) in [5, 5.41) is 10.8. The number of hydrogen-bond donors (Lipinski definition) is 0. The average Bonchev–Trinajstić information content (AvgIpc) is 2.96. The molecule has 0 spiro atoms. The van der Waals surface area contributed by atoms with Crippen LogP contribution in [0.15, 0.2) is 30.6 Å². The molecular weight excluding hydrogens is 296 g/mol. The lowest BCUT2D eigenvalue weighted by Gasteiger charge is -2.23. The van der Waals surface area contributed by atoms with Crippen LogP contribution in [0.3, 0.4) is 0 Å². The van der Waals surface area contributed by atoms with Gasteiger partial charge in [-0.3, -0.25) is 4.79 Å². The second-order valence-electron chi connectivity index (χ2n) is 5.43. The van der Waals surface area contributed by atoms with Gasteiger partial charge in [-0.15, -0.1) is 5.10 Å². The SMILES string of the molecule is COc1ccc(N2CCCN(C(=O)Cn3cnnn3)CC2)cc1.